The maximum Gasteiger partial charge on any atom is 0.251 e. The van der Waals surface area contributed by atoms with Crippen LogP contribution in [0.4, 0.5) is 0 Å². The largest absolute Gasteiger partial charge is 0.388 e. The number of nitrogens with one attached hydrogen (secondary N) is 1. The van der Waals surface area contributed by atoms with Crippen LogP contribution in [0.2, 0.25) is 4.47 Å². The van der Waals surface area contributed by atoms with Gasteiger partial charge in [0, 0.05) is 12.3 Å². The van der Waals surface area contributed by atoms with Gasteiger partial charge in [-0.05, 0) is 13.2 Å². The van der Waals surface area contributed by atoms with Crippen LogP contribution in [0.3, 0.4) is 0 Å². The SMILES string of the molecule is CSCC(C)(O)CNS(=O)(=O)c1cnc(Cl)s1. The van der Waals surface area contributed by atoms with Crippen LogP contribution in [0.25, 0.3) is 0 Å². The molecule has 0 aliphatic rings. The van der Waals surface area contributed by atoms with Gasteiger partial charge in [-0.25, -0.2) is 18.1 Å². The van der Waals surface area contributed by atoms with Gasteiger partial charge < -0.3 is 5.11 Å². The second-order valence-corrected chi connectivity index (χ2v) is 8.16. The third-order valence-electron chi connectivity index (χ3n) is 1.82. The maximum absolute atomic E-state index is 11.8. The van der Waals surface area contributed by atoms with Crippen LogP contribution >= 0.6 is 34.7 Å². The molecule has 9 heteroatoms. The number of sulfonamides is 1. The van der Waals surface area contributed by atoms with E-state index in [9.17, 15) is 13.5 Å². The van der Waals surface area contributed by atoms with Crippen molar-refractivity contribution in [3.05, 3.63) is 10.7 Å². The monoisotopic (exact) mass is 316 g/mol. The molecule has 1 heterocycles. The lowest BCUT2D eigenvalue weighted by atomic mass is 10.1. The highest BCUT2D eigenvalue weighted by molar-refractivity contribution is 7.98. The second-order valence-electron chi connectivity index (χ2n) is 3.69. The Balaban J connectivity index is 2.69. The number of thioether (sulfide) groups is 1. The minimum atomic E-state index is -3.64. The first-order valence-electron chi connectivity index (χ1n) is 4.59. The first-order valence-corrected chi connectivity index (χ1v) is 8.66. The lowest BCUT2D eigenvalue weighted by Gasteiger charge is -2.22. The van der Waals surface area contributed by atoms with E-state index in [0.29, 0.717) is 5.75 Å². The van der Waals surface area contributed by atoms with Crippen LogP contribution in [0, 0.1) is 0 Å². The van der Waals surface area contributed by atoms with E-state index in [4.69, 9.17) is 11.6 Å². The molecule has 0 saturated carbocycles. The lowest BCUT2D eigenvalue weighted by Crippen LogP contribution is -2.42. The van der Waals surface area contributed by atoms with E-state index in [0.717, 1.165) is 11.3 Å². The molecule has 1 atom stereocenters. The average molecular weight is 317 g/mol. The van der Waals surface area contributed by atoms with Crippen molar-refractivity contribution < 1.29 is 13.5 Å². The Bertz CT molecular complexity index is 472. The van der Waals surface area contributed by atoms with E-state index in [-0.39, 0.29) is 15.2 Å². The third kappa shape index (κ3) is 4.72. The zero-order valence-electron chi connectivity index (χ0n) is 9.31. The van der Waals surface area contributed by atoms with E-state index in [1.807, 2.05) is 6.26 Å². The zero-order chi connectivity index (χ0) is 13.1. The number of thiazole rings is 1. The standard InChI is InChI=1S/C8H13ClN2O3S3/c1-8(12,5-15-2)4-11-17(13,14)6-3-10-7(9)16-6/h3,11-12H,4-5H2,1-2H3. The highest BCUT2D eigenvalue weighted by Gasteiger charge is 2.24. The van der Waals surface area contributed by atoms with Gasteiger partial charge in [0.2, 0.25) is 0 Å². The molecule has 1 rings (SSSR count). The summed E-state index contributed by atoms with van der Waals surface area (Å²) in [5, 5.41) is 9.84. The van der Waals surface area contributed by atoms with Crippen molar-refractivity contribution in [1.29, 1.82) is 0 Å². The minimum absolute atomic E-state index is 0.0439. The van der Waals surface area contributed by atoms with Gasteiger partial charge >= 0.3 is 0 Å². The van der Waals surface area contributed by atoms with Crippen molar-refractivity contribution in [3.8, 4) is 0 Å². The van der Waals surface area contributed by atoms with Gasteiger partial charge in [0.05, 0.1) is 11.8 Å². The highest BCUT2D eigenvalue weighted by atomic mass is 35.5. The van der Waals surface area contributed by atoms with Crippen LogP contribution < -0.4 is 4.72 Å². The van der Waals surface area contributed by atoms with Crippen molar-refractivity contribution in [1.82, 2.24) is 9.71 Å². The Morgan fingerprint density at radius 1 is 1.71 bits per heavy atom. The van der Waals surface area contributed by atoms with Gasteiger partial charge in [-0.3, -0.25) is 0 Å². The molecule has 0 aromatic carbocycles. The van der Waals surface area contributed by atoms with Gasteiger partial charge in [-0.2, -0.15) is 11.8 Å². The van der Waals surface area contributed by atoms with Crippen molar-refractivity contribution in [3.63, 3.8) is 0 Å². The zero-order valence-corrected chi connectivity index (χ0v) is 12.5. The number of hydrogen-bond donors (Lipinski definition) is 2. The van der Waals surface area contributed by atoms with Gasteiger partial charge in [0.1, 0.15) is 0 Å². The van der Waals surface area contributed by atoms with Crippen LogP contribution in [0.5, 0.6) is 0 Å². The number of aromatic nitrogens is 1. The summed E-state index contributed by atoms with van der Waals surface area (Å²) < 4.78 is 26.1. The van der Waals surface area contributed by atoms with Crippen LogP contribution in [0.1, 0.15) is 6.92 Å². The van der Waals surface area contributed by atoms with Gasteiger partial charge in [-0.1, -0.05) is 22.9 Å². The normalized spacial score (nSPS) is 15.8. The first-order chi connectivity index (χ1) is 7.77. The van der Waals surface area contributed by atoms with Crippen molar-refractivity contribution in [2.75, 3.05) is 18.6 Å². The molecule has 0 aliphatic carbocycles. The Labute approximate surface area is 114 Å². The fourth-order valence-corrected chi connectivity index (χ4v) is 4.27. The summed E-state index contributed by atoms with van der Waals surface area (Å²) in [5.41, 5.74) is -1.08. The lowest BCUT2D eigenvalue weighted by molar-refractivity contribution is 0.0909. The van der Waals surface area contributed by atoms with Crippen LogP contribution in [-0.4, -0.2) is 42.7 Å². The molecule has 0 bridgehead atoms. The topological polar surface area (TPSA) is 79.3 Å². The molecular formula is C8H13ClN2O3S3. The van der Waals surface area contributed by atoms with E-state index >= 15 is 0 Å². The summed E-state index contributed by atoms with van der Waals surface area (Å²) in [5.74, 6) is 0.443. The molecule has 0 fully saturated rings. The molecule has 1 aromatic heterocycles. The fraction of sp³-hybridized carbons (Fsp3) is 0.625. The Morgan fingerprint density at radius 3 is 2.82 bits per heavy atom. The molecular weight excluding hydrogens is 304 g/mol. The van der Waals surface area contributed by atoms with Gasteiger partial charge in [0.25, 0.3) is 10.0 Å². The summed E-state index contributed by atoms with van der Waals surface area (Å²) in [6.07, 6.45) is 3.03. The summed E-state index contributed by atoms with van der Waals surface area (Å²) in [6.45, 7) is 1.53. The first kappa shape index (κ1) is 15.2. The quantitative estimate of drug-likeness (QED) is 0.824. The molecule has 0 spiro atoms. The second kappa shape index (κ2) is 5.85. The molecule has 0 aliphatic heterocycles. The van der Waals surface area contributed by atoms with E-state index in [1.165, 1.54) is 18.0 Å². The summed E-state index contributed by atoms with van der Waals surface area (Å²) in [6, 6.07) is 0. The Hall–Kier alpha value is 0.140. The summed E-state index contributed by atoms with van der Waals surface area (Å²) in [4.78, 5) is 3.66. The molecule has 1 aromatic rings. The molecule has 17 heavy (non-hydrogen) atoms. The number of hydrogen-bond acceptors (Lipinski definition) is 6. The average Bonchev–Trinajstić information content (AvgIpc) is 2.63. The Kier molecular flexibility index (Phi) is 5.23. The van der Waals surface area contributed by atoms with E-state index < -0.39 is 15.6 Å². The number of aliphatic hydroxyl groups is 1. The van der Waals surface area contributed by atoms with Crippen LogP contribution in [-0.2, 0) is 10.0 Å². The third-order valence-corrected chi connectivity index (χ3v) is 5.71. The smallest absolute Gasteiger partial charge is 0.251 e. The highest BCUT2D eigenvalue weighted by Crippen LogP contribution is 2.22. The maximum atomic E-state index is 11.8. The molecule has 1 unspecified atom stereocenters. The van der Waals surface area contributed by atoms with Crippen LogP contribution in [0.15, 0.2) is 10.4 Å². The van der Waals surface area contributed by atoms with Crippen molar-refractivity contribution in [2.24, 2.45) is 0 Å². The molecule has 0 saturated heterocycles. The summed E-state index contributed by atoms with van der Waals surface area (Å²) >= 11 is 7.89. The van der Waals surface area contributed by atoms with E-state index in [2.05, 4.69) is 9.71 Å². The molecule has 0 radical (unpaired) electrons. The van der Waals surface area contributed by atoms with Crippen molar-refractivity contribution in [2.45, 2.75) is 16.7 Å². The molecule has 5 nitrogen and oxygen atoms in total. The van der Waals surface area contributed by atoms with Crippen molar-refractivity contribution >= 4 is 44.7 Å². The Morgan fingerprint density at radius 2 is 2.35 bits per heavy atom. The fourth-order valence-electron chi connectivity index (χ4n) is 1.05. The van der Waals surface area contributed by atoms with Gasteiger partial charge in [0.15, 0.2) is 8.68 Å². The predicted octanol–water partition coefficient (Wildman–Crippen LogP) is 1.19. The number of nitrogens with zero attached hydrogens (tertiary/aromatic N) is 1. The number of rotatable bonds is 6. The van der Waals surface area contributed by atoms with Gasteiger partial charge in [-0.15, -0.1) is 0 Å². The predicted molar refractivity (Wildman–Crippen MR) is 71.3 cm³/mol. The number of halogens is 1. The summed E-state index contributed by atoms with van der Waals surface area (Å²) in [7, 11) is -3.64. The minimum Gasteiger partial charge on any atom is -0.388 e. The molecule has 98 valence electrons. The molecule has 0 amide bonds. The molecule has 2 N–H and O–H groups in total. The van der Waals surface area contributed by atoms with E-state index in [1.54, 1.807) is 6.92 Å².